The van der Waals surface area contributed by atoms with Gasteiger partial charge >= 0.3 is 0 Å². The van der Waals surface area contributed by atoms with Crippen molar-refractivity contribution in [1.82, 2.24) is 0 Å². The van der Waals surface area contributed by atoms with Gasteiger partial charge in [-0.25, -0.2) is 22.8 Å². The summed E-state index contributed by atoms with van der Waals surface area (Å²) in [6.07, 6.45) is 11.0. The number of rotatable bonds is 5. The van der Waals surface area contributed by atoms with E-state index < -0.39 is 0 Å². The van der Waals surface area contributed by atoms with Gasteiger partial charge in [0.15, 0.2) is 31.0 Å². The number of aromatic nitrogens is 5. The summed E-state index contributed by atoms with van der Waals surface area (Å²) in [5.74, 6) is 0. The van der Waals surface area contributed by atoms with Crippen LogP contribution in [0.25, 0.3) is 56.3 Å². The van der Waals surface area contributed by atoms with Crippen LogP contribution in [-0.4, -0.2) is 0 Å². The maximum Gasteiger partial charge on any atom is 0.215 e. The van der Waals surface area contributed by atoms with E-state index in [1.807, 2.05) is 0 Å². The molecule has 446 valence electrons. The molecule has 0 aliphatic heterocycles. The van der Waals surface area contributed by atoms with Crippen LogP contribution in [0.15, 0.2) is 146 Å². The molecule has 10 aromatic rings. The SMILES string of the molecule is Cc1cc(-c2cccc(C)c2C)[n+](C)cc1C.Cc1cc(C)c(C)c(-c2c(C)cc(C)c[n+]2C)c1.Cc1ccc(-c2c(C)cc(C)c[n+]2C)c(C)c1.Cc1ccc(-c2cc(C)c(C)c[n+]2C)c(C)c1.Cc1ccc(C)c(-c2cc(C)c(C)c[n+]2C)c1. The first kappa shape index (κ1) is 67.0. The van der Waals surface area contributed by atoms with Crippen molar-refractivity contribution in [2.24, 2.45) is 35.2 Å². The molecule has 0 saturated carbocycles. The highest BCUT2D eigenvalue weighted by atomic mass is 14.9. The lowest BCUT2D eigenvalue weighted by Gasteiger charge is -2.11. The Balaban J connectivity index is 0.000000172. The van der Waals surface area contributed by atoms with Crippen molar-refractivity contribution >= 4 is 0 Å². The lowest BCUT2D eigenvalue weighted by Crippen LogP contribution is -2.32. The predicted octanol–water partition coefficient (Wildman–Crippen LogP) is 17.4. The molecule has 0 amide bonds. The average Bonchev–Trinajstić information content (AvgIpc) is 2.08. The number of nitrogens with zero attached hydrogens (tertiary/aromatic N) is 5. The summed E-state index contributed by atoms with van der Waals surface area (Å²) in [5.41, 5.74) is 41.2. The minimum atomic E-state index is 1.28. The molecular formula is C81H102N5+5. The maximum atomic E-state index is 2.29. The van der Waals surface area contributed by atoms with Gasteiger partial charge in [0.1, 0.15) is 35.2 Å². The van der Waals surface area contributed by atoms with Gasteiger partial charge in [0.25, 0.3) is 0 Å². The molecule has 0 bridgehead atoms. The standard InChI is InChI=1S/C17H22N.4C16H20N/c1-11-7-13(3)15(5)16(9-11)17-14(4)8-12(2)10-18(17)6;1-11-6-7-15(13(3)8-11)16-9-12(2)14(4)10-17(16)5;1-11-6-7-15(13(3)8-11)16-14(4)9-12(2)10-17(16)5;1-11-6-7-12(2)15(8-11)16-9-13(3)14(4)10-17(16)5;1-11-7-6-8-15(14(11)4)16-9-12(2)13(3)10-17(16)5/h7-10H,1-6H3;4*6-10H,1-5H3/q5*+1. The molecule has 0 radical (unpaired) electrons. The third kappa shape index (κ3) is 16.4. The Hall–Kier alpha value is -8.15. The van der Waals surface area contributed by atoms with E-state index in [1.54, 1.807) is 0 Å². The van der Waals surface area contributed by atoms with Gasteiger partial charge in [0.05, 0.1) is 0 Å². The lowest BCUT2D eigenvalue weighted by molar-refractivity contribution is -0.661. The lowest BCUT2D eigenvalue weighted by atomic mass is 9.95. The van der Waals surface area contributed by atoms with Gasteiger partial charge in [-0.2, -0.15) is 0 Å². The van der Waals surface area contributed by atoms with E-state index in [1.165, 1.54) is 173 Å². The van der Waals surface area contributed by atoms with E-state index in [0.717, 1.165) is 0 Å². The van der Waals surface area contributed by atoms with Crippen molar-refractivity contribution < 1.29 is 22.8 Å². The number of aryl methyl sites for hydroxylation is 24. The van der Waals surface area contributed by atoms with Crippen molar-refractivity contribution in [3.05, 3.63) is 263 Å². The fourth-order valence-electron chi connectivity index (χ4n) is 12.0. The van der Waals surface area contributed by atoms with Crippen LogP contribution in [0.5, 0.6) is 0 Å². The third-order valence-electron chi connectivity index (χ3n) is 17.3. The van der Waals surface area contributed by atoms with E-state index in [9.17, 15) is 0 Å². The van der Waals surface area contributed by atoms with Crippen LogP contribution in [0.1, 0.15) is 117 Å². The van der Waals surface area contributed by atoms with Crippen molar-refractivity contribution in [3.8, 4) is 56.3 Å². The average molecular weight is 1150 g/mol. The smallest absolute Gasteiger partial charge is 0.201 e. The van der Waals surface area contributed by atoms with E-state index in [2.05, 4.69) is 350 Å². The second-order valence-electron chi connectivity index (χ2n) is 25.2. The van der Waals surface area contributed by atoms with Gasteiger partial charge in [-0.3, -0.25) is 0 Å². The van der Waals surface area contributed by atoms with Crippen molar-refractivity contribution in [1.29, 1.82) is 0 Å². The minimum Gasteiger partial charge on any atom is -0.201 e. The topological polar surface area (TPSA) is 19.4 Å². The first-order valence-electron chi connectivity index (χ1n) is 30.6. The first-order chi connectivity index (χ1) is 40.4. The summed E-state index contributed by atoms with van der Waals surface area (Å²) in [7, 11) is 10.6. The molecule has 0 atom stereocenters. The first-order valence-corrected chi connectivity index (χ1v) is 30.6. The highest BCUT2D eigenvalue weighted by Gasteiger charge is 2.21. The molecule has 10 rings (SSSR count). The molecule has 0 saturated heterocycles. The molecule has 0 aliphatic rings. The molecule has 5 nitrogen and oxygen atoms in total. The zero-order valence-electron chi connectivity index (χ0n) is 57.6. The minimum absolute atomic E-state index is 1.28. The van der Waals surface area contributed by atoms with Crippen molar-refractivity contribution in [2.45, 2.75) is 145 Å². The molecule has 0 aliphatic carbocycles. The highest BCUT2D eigenvalue weighted by molar-refractivity contribution is 5.68. The quantitative estimate of drug-likeness (QED) is 0.153. The molecule has 86 heavy (non-hydrogen) atoms. The Bertz CT molecular complexity index is 4010. The van der Waals surface area contributed by atoms with Crippen LogP contribution in [0.3, 0.4) is 0 Å². The van der Waals surface area contributed by atoms with Crippen LogP contribution in [0, 0.1) is 145 Å². The fraction of sp³-hybridized carbons (Fsp3) is 0.321. The zero-order chi connectivity index (χ0) is 63.8. The highest BCUT2D eigenvalue weighted by Crippen LogP contribution is 2.30. The Kier molecular flexibility index (Phi) is 22.5. The van der Waals surface area contributed by atoms with Gasteiger partial charge in [-0.05, 0) is 243 Å². The number of pyridine rings is 5. The molecule has 5 aromatic heterocycles. The molecule has 0 unspecified atom stereocenters. The van der Waals surface area contributed by atoms with Crippen LogP contribution >= 0.6 is 0 Å². The Morgan fingerprint density at radius 2 is 0.558 bits per heavy atom. The third-order valence-corrected chi connectivity index (χ3v) is 17.3. The molecule has 5 heteroatoms. The fourth-order valence-corrected chi connectivity index (χ4v) is 12.0. The molecule has 0 N–H and O–H groups in total. The Morgan fingerprint density at radius 3 is 1.01 bits per heavy atom. The van der Waals surface area contributed by atoms with Gasteiger partial charge in [0.2, 0.25) is 28.5 Å². The summed E-state index contributed by atoms with van der Waals surface area (Å²) in [6.45, 7) is 45.5. The predicted molar refractivity (Wildman–Crippen MR) is 365 cm³/mol. The zero-order valence-corrected chi connectivity index (χ0v) is 57.6. The van der Waals surface area contributed by atoms with E-state index in [-0.39, 0.29) is 0 Å². The van der Waals surface area contributed by atoms with E-state index in [0.29, 0.717) is 0 Å². The summed E-state index contributed by atoms with van der Waals surface area (Å²) in [5, 5.41) is 0. The van der Waals surface area contributed by atoms with Gasteiger partial charge < -0.3 is 0 Å². The molecule has 0 spiro atoms. The summed E-state index contributed by atoms with van der Waals surface area (Å²) in [4.78, 5) is 0. The number of hydrogen-bond donors (Lipinski definition) is 0. The van der Waals surface area contributed by atoms with Crippen LogP contribution < -0.4 is 22.8 Å². The summed E-state index contributed by atoms with van der Waals surface area (Å²) in [6, 6.07) is 42.3. The Labute approximate surface area is 520 Å². The van der Waals surface area contributed by atoms with Crippen LogP contribution in [0.2, 0.25) is 0 Å². The monoisotopic (exact) mass is 1140 g/mol. The molecule has 5 heterocycles. The number of benzene rings is 5. The van der Waals surface area contributed by atoms with Gasteiger partial charge in [-0.1, -0.05) is 76.9 Å². The second-order valence-corrected chi connectivity index (χ2v) is 25.2. The second kappa shape index (κ2) is 28.8. The molecule has 0 fully saturated rings. The van der Waals surface area contributed by atoms with Gasteiger partial charge in [0, 0.05) is 85.0 Å². The molecular weight excluding hydrogens is 1040 g/mol. The van der Waals surface area contributed by atoms with Gasteiger partial charge in [-0.15, -0.1) is 0 Å². The molecule has 5 aromatic carbocycles. The largest absolute Gasteiger partial charge is 0.215 e. The van der Waals surface area contributed by atoms with E-state index in [4.69, 9.17) is 0 Å². The Morgan fingerprint density at radius 1 is 0.198 bits per heavy atom. The van der Waals surface area contributed by atoms with Crippen molar-refractivity contribution in [2.75, 3.05) is 0 Å². The maximum absolute atomic E-state index is 2.29. The van der Waals surface area contributed by atoms with Crippen molar-refractivity contribution in [3.63, 3.8) is 0 Å². The normalized spacial score (nSPS) is 10.7. The van der Waals surface area contributed by atoms with E-state index >= 15 is 0 Å². The summed E-state index contributed by atoms with van der Waals surface area (Å²) < 4.78 is 11.1. The van der Waals surface area contributed by atoms with Crippen LogP contribution in [0.4, 0.5) is 0 Å². The van der Waals surface area contributed by atoms with Crippen LogP contribution in [-0.2, 0) is 35.2 Å². The number of hydrogen-bond acceptors (Lipinski definition) is 0. The summed E-state index contributed by atoms with van der Waals surface area (Å²) >= 11 is 0.